The fraction of sp³-hybridized carbons (Fsp3) is 0.143. The molecular weight excluding hydrogens is 337 g/mol. The van der Waals surface area contributed by atoms with Crippen molar-refractivity contribution in [2.45, 2.75) is 6.18 Å². The SMILES string of the molecule is COc1ccc(Nc2ccc(C(F)(F)F)cc2[N+](=O)[O-])cc1Cl. The van der Waals surface area contributed by atoms with Crippen molar-refractivity contribution >= 4 is 28.7 Å². The van der Waals surface area contributed by atoms with Crippen LogP contribution in [0.4, 0.5) is 30.2 Å². The van der Waals surface area contributed by atoms with Gasteiger partial charge in [0.25, 0.3) is 5.69 Å². The fourth-order valence-corrected chi connectivity index (χ4v) is 2.12. The summed E-state index contributed by atoms with van der Waals surface area (Å²) < 4.78 is 42.9. The Hall–Kier alpha value is -2.48. The van der Waals surface area contributed by atoms with Gasteiger partial charge in [-0.3, -0.25) is 10.1 Å². The molecule has 23 heavy (non-hydrogen) atoms. The molecule has 122 valence electrons. The van der Waals surface area contributed by atoms with Crippen LogP contribution in [0.5, 0.6) is 5.75 Å². The van der Waals surface area contributed by atoms with Crippen LogP contribution < -0.4 is 10.1 Å². The number of nitrogens with one attached hydrogen (secondary N) is 1. The van der Waals surface area contributed by atoms with Gasteiger partial charge in [0.05, 0.1) is 22.6 Å². The maximum Gasteiger partial charge on any atom is 0.416 e. The number of hydrogen-bond donors (Lipinski definition) is 1. The zero-order chi connectivity index (χ0) is 17.2. The van der Waals surface area contributed by atoms with Crippen LogP contribution in [0.2, 0.25) is 5.02 Å². The Morgan fingerprint density at radius 1 is 1.22 bits per heavy atom. The monoisotopic (exact) mass is 346 g/mol. The third kappa shape index (κ3) is 3.84. The topological polar surface area (TPSA) is 64.4 Å². The van der Waals surface area contributed by atoms with E-state index in [0.29, 0.717) is 17.5 Å². The van der Waals surface area contributed by atoms with E-state index in [0.717, 1.165) is 12.1 Å². The molecule has 0 saturated heterocycles. The number of alkyl halides is 3. The molecule has 0 aliphatic heterocycles. The van der Waals surface area contributed by atoms with Crippen LogP contribution in [0.3, 0.4) is 0 Å². The van der Waals surface area contributed by atoms with E-state index >= 15 is 0 Å². The molecule has 2 aromatic carbocycles. The maximum atomic E-state index is 12.7. The van der Waals surface area contributed by atoms with E-state index in [9.17, 15) is 23.3 Å². The minimum atomic E-state index is -4.66. The number of anilines is 2. The molecule has 2 rings (SSSR count). The van der Waals surface area contributed by atoms with Gasteiger partial charge >= 0.3 is 6.18 Å². The molecule has 0 aromatic heterocycles. The molecule has 0 bridgehead atoms. The molecule has 1 N–H and O–H groups in total. The fourth-order valence-electron chi connectivity index (χ4n) is 1.86. The van der Waals surface area contributed by atoms with Gasteiger partial charge in [-0.25, -0.2) is 0 Å². The number of methoxy groups -OCH3 is 1. The lowest BCUT2D eigenvalue weighted by molar-refractivity contribution is -0.384. The molecule has 0 saturated carbocycles. The lowest BCUT2D eigenvalue weighted by Gasteiger charge is -2.11. The van der Waals surface area contributed by atoms with Gasteiger partial charge in [0.15, 0.2) is 0 Å². The van der Waals surface area contributed by atoms with E-state index in [1.165, 1.54) is 25.3 Å². The van der Waals surface area contributed by atoms with Gasteiger partial charge in [0, 0.05) is 11.8 Å². The Bertz CT molecular complexity index is 751. The predicted octanol–water partition coefficient (Wildman–Crippen LogP) is 5.02. The first-order chi connectivity index (χ1) is 10.7. The molecule has 0 aliphatic carbocycles. The minimum absolute atomic E-state index is 0.0794. The first-order valence-electron chi connectivity index (χ1n) is 6.18. The number of halogens is 4. The van der Waals surface area contributed by atoms with Gasteiger partial charge in [-0.05, 0) is 30.3 Å². The van der Waals surface area contributed by atoms with E-state index < -0.39 is 22.4 Å². The average Bonchev–Trinajstić information content (AvgIpc) is 2.46. The zero-order valence-corrected chi connectivity index (χ0v) is 12.4. The molecule has 9 heteroatoms. The highest BCUT2D eigenvalue weighted by atomic mass is 35.5. The Labute approximate surface area is 133 Å². The predicted molar refractivity (Wildman–Crippen MR) is 79.4 cm³/mol. The molecule has 0 atom stereocenters. The van der Waals surface area contributed by atoms with E-state index in [1.54, 1.807) is 0 Å². The third-order valence-corrected chi connectivity index (χ3v) is 3.25. The summed E-state index contributed by atoms with van der Waals surface area (Å²) in [5.41, 5.74) is -1.49. The van der Waals surface area contributed by atoms with Gasteiger partial charge in [-0.15, -0.1) is 0 Å². The molecule has 0 fully saturated rings. The summed E-state index contributed by atoms with van der Waals surface area (Å²) in [6.45, 7) is 0. The van der Waals surface area contributed by atoms with Crippen molar-refractivity contribution in [3.63, 3.8) is 0 Å². The van der Waals surface area contributed by atoms with Gasteiger partial charge in [-0.1, -0.05) is 11.6 Å². The zero-order valence-electron chi connectivity index (χ0n) is 11.6. The smallest absolute Gasteiger partial charge is 0.416 e. The number of benzene rings is 2. The molecule has 0 aliphatic rings. The van der Waals surface area contributed by atoms with Crippen molar-refractivity contribution in [3.8, 4) is 5.75 Å². The summed E-state index contributed by atoms with van der Waals surface area (Å²) in [6, 6.07) is 6.75. The first-order valence-corrected chi connectivity index (χ1v) is 6.56. The van der Waals surface area contributed by atoms with E-state index in [4.69, 9.17) is 16.3 Å². The summed E-state index contributed by atoms with van der Waals surface area (Å²) >= 11 is 5.94. The Kier molecular flexibility index (Phi) is 4.65. The third-order valence-electron chi connectivity index (χ3n) is 2.95. The van der Waals surface area contributed by atoms with Crippen LogP contribution in [0.15, 0.2) is 36.4 Å². The van der Waals surface area contributed by atoms with Crippen LogP contribution in [-0.4, -0.2) is 12.0 Å². The van der Waals surface area contributed by atoms with Crippen LogP contribution in [-0.2, 0) is 6.18 Å². The van der Waals surface area contributed by atoms with Crippen molar-refractivity contribution in [3.05, 3.63) is 57.1 Å². The summed E-state index contributed by atoms with van der Waals surface area (Å²) in [6.07, 6.45) is -4.66. The van der Waals surface area contributed by atoms with Gasteiger partial charge in [0.2, 0.25) is 0 Å². The lowest BCUT2D eigenvalue weighted by Crippen LogP contribution is -2.06. The van der Waals surface area contributed by atoms with Crippen molar-refractivity contribution in [1.29, 1.82) is 0 Å². The van der Waals surface area contributed by atoms with Crippen LogP contribution >= 0.6 is 11.6 Å². The Balaban J connectivity index is 2.39. The maximum absolute atomic E-state index is 12.7. The second kappa shape index (κ2) is 6.33. The highest BCUT2D eigenvalue weighted by Gasteiger charge is 2.33. The molecule has 0 radical (unpaired) electrons. The van der Waals surface area contributed by atoms with Crippen LogP contribution in [0, 0.1) is 10.1 Å². The van der Waals surface area contributed by atoms with Crippen molar-refractivity contribution < 1.29 is 22.8 Å². The second-order valence-electron chi connectivity index (χ2n) is 4.46. The Morgan fingerprint density at radius 2 is 1.91 bits per heavy atom. The second-order valence-corrected chi connectivity index (χ2v) is 4.87. The van der Waals surface area contributed by atoms with Gasteiger partial charge < -0.3 is 10.1 Å². The number of ether oxygens (including phenoxy) is 1. The summed E-state index contributed by atoms with van der Waals surface area (Å²) in [5, 5.41) is 13.9. The van der Waals surface area contributed by atoms with Crippen molar-refractivity contribution in [2.24, 2.45) is 0 Å². The highest BCUT2D eigenvalue weighted by Crippen LogP contribution is 2.37. The standard InChI is InChI=1S/C14H10ClF3N2O3/c1-23-13-5-3-9(7-10(13)15)19-11-4-2-8(14(16,17)18)6-12(11)20(21)22/h2-7,19H,1H3. The van der Waals surface area contributed by atoms with E-state index in [1.807, 2.05) is 0 Å². The largest absolute Gasteiger partial charge is 0.495 e. The van der Waals surface area contributed by atoms with Gasteiger partial charge in [0.1, 0.15) is 11.4 Å². The molecule has 2 aromatic rings. The van der Waals surface area contributed by atoms with Gasteiger partial charge in [-0.2, -0.15) is 13.2 Å². The summed E-state index contributed by atoms with van der Waals surface area (Å²) in [7, 11) is 1.43. The molecular formula is C14H10ClF3N2O3. The first kappa shape index (κ1) is 16.9. The molecule has 0 unspecified atom stereocenters. The minimum Gasteiger partial charge on any atom is -0.495 e. The molecule has 5 nitrogen and oxygen atoms in total. The average molecular weight is 347 g/mol. The lowest BCUT2D eigenvalue weighted by atomic mass is 10.1. The highest BCUT2D eigenvalue weighted by molar-refractivity contribution is 6.32. The van der Waals surface area contributed by atoms with Crippen molar-refractivity contribution in [1.82, 2.24) is 0 Å². The number of nitro benzene ring substituents is 1. The molecule has 0 amide bonds. The molecule has 0 spiro atoms. The van der Waals surface area contributed by atoms with Crippen molar-refractivity contribution in [2.75, 3.05) is 12.4 Å². The van der Waals surface area contributed by atoms with E-state index in [2.05, 4.69) is 5.32 Å². The quantitative estimate of drug-likeness (QED) is 0.623. The summed E-state index contributed by atoms with van der Waals surface area (Å²) in [5.74, 6) is 0.402. The number of nitrogens with zero attached hydrogens (tertiary/aromatic N) is 1. The molecule has 0 heterocycles. The number of hydrogen-bond acceptors (Lipinski definition) is 4. The summed E-state index contributed by atoms with van der Waals surface area (Å²) in [4.78, 5) is 10.1. The number of rotatable bonds is 4. The Morgan fingerprint density at radius 3 is 2.43 bits per heavy atom. The number of nitro groups is 1. The van der Waals surface area contributed by atoms with Crippen LogP contribution in [0.25, 0.3) is 0 Å². The van der Waals surface area contributed by atoms with Crippen LogP contribution in [0.1, 0.15) is 5.56 Å². The normalized spacial score (nSPS) is 11.2. The van der Waals surface area contributed by atoms with E-state index in [-0.39, 0.29) is 10.7 Å².